The lowest BCUT2D eigenvalue weighted by Gasteiger charge is -2.17. The van der Waals surface area contributed by atoms with Crippen LogP contribution < -0.4 is 5.43 Å². The fourth-order valence-electron chi connectivity index (χ4n) is 2.89. The minimum atomic E-state index is -5.01. The highest BCUT2D eigenvalue weighted by atomic mass is 19.4. The monoisotopic (exact) mass is 383 g/mol. The average molecular weight is 383 g/mol. The Morgan fingerprint density at radius 3 is 2.30 bits per heavy atom. The Bertz CT molecular complexity index is 1120. The van der Waals surface area contributed by atoms with Gasteiger partial charge in [-0.2, -0.15) is 13.2 Å². The second-order valence-electron chi connectivity index (χ2n) is 5.71. The molecule has 0 aliphatic rings. The number of aromatic carboxylic acids is 1. The minimum absolute atomic E-state index is 0.306. The second kappa shape index (κ2) is 6.49. The number of carboxylic acid groups (broad SMARTS) is 1. The highest BCUT2D eigenvalue weighted by molar-refractivity contribution is 5.92. The summed E-state index contributed by atoms with van der Waals surface area (Å²) in [6.45, 7) is -0.690. The Balaban J connectivity index is 2.31. The van der Waals surface area contributed by atoms with Gasteiger partial charge < -0.3 is 9.67 Å². The van der Waals surface area contributed by atoms with Gasteiger partial charge in [0.05, 0.1) is 11.1 Å². The molecule has 0 fully saturated rings. The van der Waals surface area contributed by atoms with Crippen LogP contribution in [-0.2, 0) is 12.7 Å². The largest absolute Gasteiger partial charge is 0.477 e. The van der Waals surface area contributed by atoms with Crippen LogP contribution in [0, 0.1) is 11.6 Å². The van der Waals surface area contributed by atoms with E-state index in [0.29, 0.717) is 6.07 Å². The molecule has 2 aromatic carbocycles. The van der Waals surface area contributed by atoms with Gasteiger partial charge in [-0.3, -0.25) is 4.79 Å². The number of rotatable bonds is 3. The standard InChI is InChI=1S/C18H10F5NO3/c19-12-5-1-3-9(14(12)18(21,22)23)7-24-8-11(17(26)27)16(25)10-4-2-6-13(20)15(10)24/h1-6,8H,7H2,(H,26,27). The molecule has 3 rings (SSSR count). The summed E-state index contributed by atoms with van der Waals surface area (Å²) in [6, 6.07) is 6.02. The lowest BCUT2D eigenvalue weighted by molar-refractivity contribution is -0.140. The van der Waals surface area contributed by atoms with Gasteiger partial charge in [0.1, 0.15) is 17.2 Å². The van der Waals surface area contributed by atoms with Crippen LogP contribution in [-0.4, -0.2) is 15.6 Å². The molecule has 0 aliphatic carbocycles. The van der Waals surface area contributed by atoms with Crippen LogP contribution in [0.3, 0.4) is 0 Å². The smallest absolute Gasteiger partial charge is 0.419 e. The fraction of sp³-hybridized carbons (Fsp3) is 0.111. The van der Waals surface area contributed by atoms with E-state index in [9.17, 15) is 31.5 Å². The molecular formula is C18H10F5NO3. The summed E-state index contributed by atoms with van der Waals surface area (Å²) in [5.74, 6) is -4.05. The van der Waals surface area contributed by atoms with E-state index in [1.807, 2.05) is 0 Å². The van der Waals surface area contributed by atoms with Gasteiger partial charge in [0.15, 0.2) is 0 Å². The third-order valence-electron chi connectivity index (χ3n) is 4.00. The van der Waals surface area contributed by atoms with E-state index in [0.717, 1.165) is 29.0 Å². The summed E-state index contributed by atoms with van der Waals surface area (Å²) in [7, 11) is 0. The number of aromatic nitrogens is 1. The Morgan fingerprint density at radius 2 is 1.67 bits per heavy atom. The maximum absolute atomic E-state index is 14.3. The van der Waals surface area contributed by atoms with Crippen molar-refractivity contribution in [2.75, 3.05) is 0 Å². The molecule has 0 unspecified atom stereocenters. The van der Waals surface area contributed by atoms with E-state index in [1.54, 1.807) is 0 Å². The first-order valence-electron chi connectivity index (χ1n) is 7.51. The highest BCUT2D eigenvalue weighted by Crippen LogP contribution is 2.34. The first kappa shape index (κ1) is 18.6. The van der Waals surface area contributed by atoms with Crippen molar-refractivity contribution in [2.24, 2.45) is 0 Å². The summed E-state index contributed by atoms with van der Waals surface area (Å²) in [6.07, 6.45) is -4.26. The minimum Gasteiger partial charge on any atom is -0.477 e. The van der Waals surface area contributed by atoms with Crippen molar-refractivity contribution < 1.29 is 31.9 Å². The van der Waals surface area contributed by atoms with Crippen LogP contribution >= 0.6 is 0 Å². The molecule has 0 saturated carbocycles. The summed E-state index contributed by atoms with van der Waals surface area (Å²) in [4.78, 5) is 23.5. The number of carbonyl (C=O) groups is 1. The first-order valence-corrected chi connectivity index (χ1v) is 7.51. The summed E-state index contributed by atoms with van der Waals surface area (Å²) < 4.78 is 68.5. The second-order valence-corrected chi connectivity index (χ2v) is 5.71. The van der Waals surface area contributed by atoms with Gasteiger partial charge in [-0.1, -0.05) is 18.2 Å². The van der Waals surface area contributed by atoms with Gasteiger partial charge in [0.25, 0.3) is 0 Å². The first-order chi connectivity index (χ1) is 12.6. The molecule has 0 spiro atoms. The molecule has 3 aromatic rings. The maximum Gasteiger partial charge on any atom is 0.419 e. The van der Waals surface area contributed by atoms with Crippen molar-refractivity contribution in [1.29, 1.82) is 0 Å². The zero-order chi connectivity index (χ0) is 19.9. The predicted octanol–water partition coefficient (Wildman–Crippen LogP) is 4.05. The van der Waals surface area contributed by atoms with E-state index in [4.69, 9.17) is 5.11 Å². The SMILES string of the molecule is O=C(O)c1cn(Cc2cccc(F)c2C(F)(F)F)c2c(F)cccc2c1=O. The molecule has 1 heterocycles. The van der Waals surface area contributed by atoms with Crippen molar-refractivity contribution in [3.8, 4) is 0 Å². The predicted molar refractivity (Wildman–Crippen MR) is 85.6 cm³/mol. The zero-order valence-corrected chi connectivity index (χ0v) is 13.3. The average Bonchev–Trinajstić information content (AvgIpc) is 2.56. The molecule has 27 heavy (non-hydrogen) atoms. The number of carboxylic acids is 1. The Hall–Kier alpha value is -3.23. The number of para-hydroxylation sites is 1. The number of hydrogen-bond donors (Lipinski definition) is 1. The fourth-order valence-corrected chi connectivity index (χ4v) is 2.89. The molecule has 0 bridgehead atoms. The van der Waals surface area contributed by atoms with Gasteiger partial charge >= 0.3 is 12.1 Å². The van der Waals surface area contributed by atoms with Crippen LogP contribution in [0.2, 0.25) is 0 Å². The molecule has 0 aliphatic heterocycles. The topological polar surface area (TPSA) is 59.3 Å². The van der Waals surface area contributed by atoms with E-state index in [-0.39, 0.29) is 10.9 Å². The molecule has 0 saturated heterocycles. The third kappa shape index (κ3) is 3.27. The maximum atomic E-state index is 14.3. The number of hydrogen-bond acceptors (Lipinski definition) is 2. The van der Waals surface area contributed by atoms with Gasteiger partial charge in [-0.25, -0.2) is 13.6 Å². The van der Waals surface area contributed by atoms with E-state index >= 15 is 0 Å². The quantitative estimate of drug-likeness (QED) is 0.695. The van der Waals surface area contributed by atoms with Gasteiger partial charge in [-0.15, -0.1) is 0 Å². The lowest BCUT2D eigenvalue weighted by Crippen LogP contribution is -2.21. The van der Waals surface area contributed by atoms with Crippen molar-refractivity contribution in [2.45, 2.75) is 12.7 Å². The normalized spacial score (nSPS) is 11.7. The van der Waals surface area contributed by atoms with Gasteiger partial charge in [0, 0.05) is 18.1 Å². The van der Waals surface area contributed by atoms with Crippen LogP contribution in [0.1, 0.15) is 21.5 Å². The van der Waals surface area contributed by atoms with Crippen molar-refractivity contribution in [1.82, 2.24) is 4.57 Å². The molecular weight excluding hydrogens is 373 g/mol. The van der Waals surface area contributed by atoms with Crippen molar-refractivity contribution in [3.05, 3.63) is 81.1 Å². The Morgan fingerprint density at radius 1 is 1.04 bits per heavy atom. The molecule has 1 aromatic heterocycles. The summed E-state index contributed by atoms with van der Waals surface area (Å²) in [5.41, 5.74) is -4.15. The molecule has 0 radical (unpaired) electrons. The van der Waals surface area contributed by atoms with E-state index in [1.165, 1.54) is 12.1 Å². The number of pyridine rings is 1. The van der Waals surface area contributed by atoms with Crippen LogP contribution in [0.4, 0.5) is 22.0 Å². The Kier molecular flexibility index (Phi) is 4.46. The molecule has 140 valence electrons. The van der Waals surface area contributed by atoms with Gasteiger partial charge in [0.2, 0.25) is 5.43 Å². The molecule has 9 heteroatoms. The van der Waals surface area contributed by atoms with Crippen LogP contribution in [0.5, 0.6) is 0 Å². The Labute approximate surface area is 148 Å². The van der Waals surface area contributed by atoms with Crippen LogP contribution in [0.15, 0.2) is 47.4 Å². The molecule has 4 nitrogen and oxygen atoms in total. The highest BCUT2D eigenvalue weighted by Gasteiger charge is 2.36. The summed E-state index contributed by atoms with van der Waals surface area (Å²) >= 11 is 0. The number of fused-ring (bicyclic) bond motifs is 1. The number of nitrogens with zero attached hydrogens (tertiary/aromatic N) is 1. The zero-order valence-electron chi connectivity index (χ0n) is 13.3. The lowest BCUT2D eigenvalue weighted by atomic mass is 10.0. The molecule has 0 amide bonds. The van der Waals surface area contributed by atoms with Gasteiger partial charge in [-0.05, 0) is 23.8 Å². The third-order valence-corrected chi connectivity index (χ3v) is 4.00. The molecule has 1 N–H and O–H groups in total. The molecule has 0 atom stereocenters. The summed E-state index contributed by atoms with van der Waals surface area (Å²) in [5, 5.41) is 8.86. The van der Waals surface area contributed by atoms with Crippen molar-refractivity contribution >= 4 is 16.9 Å². The van der Waals surface area contributed by atoms with Crippen molar-refractivity contribution in [3.63, 3.8) is 0 Å². The van der Waals surface area contributed by atoms with E-state index < -0.39 is 52.4 Å². The van der Waals surface area contributed by atoms with Crippen LogP contribution in [0.25, 0.3) is 10.9 Å². The number of halogens is 5. The number of alkyl halides is 3. The van der Waals surface area contributed by atoms with E-state index in [2.05, 4.69) is 0 Å². The number of benzene rings is 2.